The van der Waals surface area contributed by atoms with Gasteiger partial charge in [-0.1, -0.05) is 6.42 Å². The summed E-state index contributed by atoms with van der Waals surface area (Å²) in [5, 5.41) is 4.50. The molecular formula is C14H24N4. The predicted molar refractivity (Wildman–Crippen MR) is 72.1 cm³/mol. The molecule has 3 rings (SSSR count). The smallest absolute Gasteiger partial charge is 0.0572 e. The summed E-state index contributed by atoms with van der Waals surface area (Å²) in [7, 11) is 0. The van der Waals surface area contributed by atoms with E-state index in [9.17, 15) is 0 Å². The van der Waals surface area contributed by atoms with Gasteiger partial charge in [-0.3, -0.25) is 9.58 Å². The van der Waals surface area contributed by atoms with Gasteiger partial charge in [0.05, 0.1) is 11.9 Å². The molecule has 0 bridgehead atoms. The van der Waals surface area contributed by atoms with E-state index in [1.807, 2.05) is 0 Å². The second-order valence-electron chi connectivity index (χ2n) is 6.14. The molecule has 1 fully saturated rings. The van der Waals surface area contributed by atoms with Gasteiger partial charge in [0.1, 0.15) is 0 Å². The van der Waals surface area contributed by atoms with Gasteiger partial charge < -0.3 is 5.73 Å². The van der Waals surface area contributed by atoms with Gasteiger partial charge in [-0.25, -0.2) is 0 Å². The average molecular weight is 248 g/mol. The molecule has 0 radical (unpaired) electrons. The maximum Gasteiger partial charge on any atom is 0.0572 e. The minimum atomic E-state index is 0.411. The Balaban J connectivity index is 1.72. The first-order valence-corrected chi connectivity index (χ1v) is 7.20. The van der Waals surface area contributed by atoms with Crippen LogP contribution in [0.3, 0.4) is 0 Å². The van der Waals surface area contributed by atoms with Gasteiger partial charge in [-0.15, -0.1) is 0 Å². The third-order valence-electron chi connectivity index (χ3n) is 4.40. The molecule has 0 spiro atoms. The largest absolute Gasteiger partial charge is 0.328 e. The molecule has 0 unspecified atom stereocenters. The third kappa shape index (κ3) is 2.08. The molecule has 1 aromatic heterocycles. The zero-order valence-electron chi connectivity index (χ0n) is 11.5. The van der Waals surface area contributed by atoms with Crippen LogP contribution in [0.1, 0.15) is 56.8 Å². The van der Waals surface area contributed by atoms with E-state index in [2.05, 4.69) is 34.7 Å². The van der Waals surface area contributed by atoms with Crippen molar-refractivity contribution in [2.45, 2.75) is 70.7 Å². The van der Waals surface area contributed by atoms with E-state index >= 15 is 0 Å². The highest BCUT2D eigenvalue weighted by atomic mass is 15.3. The van der Waals surface area contributed by atoms with Crippen LogP contribution in [0.4, 0.5) is 0 Å². The molecular weight excluding hydrogens is 224 g/mol. The van der Waals surface area contributed by atoms with Crippen molar-refractivity contribution >= 4 is 0 Å². The molecule has 100 valence electrons. The van der Waals surface area contributed by atoms with E-state index in [-0.39, 0.29) is 0 Å². The van der Waals surface area contributed by atoms with Crippen LogP contribution < -0.4 is 5.73 Å². The molecule has 4 heteroatoms. The van der Waals surface area contributed by atoms with Crippen LogP contribution in [0, 0.1) is 0 Å². The van der Waals surface area contributed by atoms with Crippen LogP contribution in [-0.4, -0.2) is 26.8 Å². The number of fused-ring (bicyclic) bond motifs is 1. The Hall–Kier alpha value is -0.870. The fraction of sp³-hybridized carbons (Fsp3) is 0.786. The van der Waals surface area contributed by atoms with Crippen molar-refractivity contribution in [1.82, 2.24) is 14.7 Å². The number of nitrogens with two attached hydrogens (primary N) is 1. The van der Waals surface area contributed by atoms with Crippen molar-refractivity contribution in [2.24, 2.45) is 5.73 Å². The third-order valence-corrected chi connectivity index (χ3v) is 4.40. The SMILES string of the molecule is CC(C)n1ncc2c1CN([C@H]1CCC[C@@H](N)C1)C2. The second kappa shape index (κ2) is 4.67. The summed E-state index contributed by atoms with van der Waals surface area (Å²) in [5.74, 6) is 0. The minimum Gasteiger partial charge on any atom is -0.328 e. The Bertz CT molecular complexity index is 423. The molecule has 0 saturated heterocycles. The standard InChI is InChI=1S/C14H24N4/c1-10(2)18-14-9-17(8-11(14)7-16-18)13-5-3-4-12(15)6-13/h7,10,12-13H,3-6,8-9,15H2,1-2H3/t12-,13+/m1/s1. The number of nitrogens with zero attached hydrogens (tertiary/aromatic N) is 3. The van der Waals surface area contributed by atoms with Gasteiger partial charge in [0, 0.05) is 36.8 Å². The van der Waals surface area contributed by atoms with E-state index in [0.29, 0.717) is 18.1 Å². The van der Waals surface area contributed by atoms with Crippen LogP contribution in [0.2, 0.25) is 0 Å². The molecule has 1 aromatic rings. The first kappa shape index (κ1) is 12.2. The molecule has 1 saturated carbocycles. The maximum atomic E-state index is 6.11. The summed E-state index contributed by atoms with van der Waals surface area (Å²) >= 11 is 0. The van der Waals surface area contributed by atoms with Gasteiger partial charge in [-0.2, -0.15) is 5.10 Å². The molecule has 18 heavy (non-hydrogen) atoms. The molecule has 2 heterocycles. The molecule has 0 aromatic carbocycles. The van der Waals surface area contributed by atoms with Gasteiger partial charge in [-0.05, 0) is 33.1 Å². The van der Waals surface area contributed by atoms with Crippen LogP contribution in [0.15, 0.2) is 6.20 Å². The first-order valence-electron chi connectivity index (χ1n) is 7.20. The summed E-state index contributed by atoms with van der Waals surface area (Å²) in [6.45, 7) is 6.53. The Morgan fingerprint density at radius 2 is 2.17 bits per heavy atom. The quantitative estimate of drug-likeness (QED) is 0.871. The summed E-state index contributed by atoms with van der Waals surface area (Å²) < 4.78 is 2.18. The first-order chi connectivity index (χ1) is 8.65. The molecule has 4 nitrogen and oxygen atoms in total. The lowest BCUT2D eigenvalue weighted by Crippen LogP contribution is -2.40. The van der Waals surface area contributed by atoms with Crippen LogP contribution in [-0.2, 0) is 13.1 Å². The van der Waals surface area contributed by atoms with Crippen LogP contribution in [0.5, 0.6) is 0 Å². The van der Waals surface area contributed by atoms with Gasteiger partial charge in [0.25, 0.3) is 0 Å². The average Bonchev–Trinajstić information content (AvgIpc) is 2.87. The Morgan fingerprint density at radius 3 is 2.89 bits per heavy atom. The van der Waals surface area contributed by atoms with E-state index < -0.39 is 0 Å². The Labute approximate surface area is 109 Å². The highest BCUT2D eigenvalue weighted by Gasteiger charge is 2.31. The van der Waals surface area contributed by atoms with Gasteiger partial charge >= 0.3 is 0 Å². The van der Waals surface area contributed by atoms with E-state index in [1.165, 1.54) is 36.9 Å². The number of hydrogen-bond donors (Lipinski definition) is 1. The van der Waals surface area contributed by atoms with E-state index in [1.54, 1.807) is 0 Å². The van der Waals surface area contributed by atoms with Crippen molar-refractivity contribution in [2.75, 3.05) is 0 Å². The monoisotopic (exact) mass is 248 g/mol. The Morgan fingerprint density at radius 1 is 1.33 bits per heavy atom. The van der Waals surface area contributed by atoms with Crippen molar-refractivity contribution in [1.29, 1.82) is 0 Å². The molecule has 1 aliphatic heterocycles. The summed E-state index contributed by atoms with van der Waals surface area (Å²) in [6, 6.07) is 1.55. The van der Waals surface area contributed by atoms with Crippen molar-refractivity contribution in [3.05, 3.63) is 17.5 Å². The number of aromatic nitrogens is 2. The predicted octanol–water partition coefficient (Wildman–Crippen LogP) is 2.05. The van der Waals surface area contributed by atoms with Crippen LogP contribution in [0.25, 0.3) is 0 Å². The molecule has 1 aliphatic carbocycles. The van der Waals surface area contributed by atoms with E-state index in [0.717, 1.165) is 13.1 Å². The highest BCUT2D eigenvalue weighted by Crippen LogP contribution is 2.31. The Kier molecular flexibility index (Phi) is 3.16. The molecule has 2 aliphatic rings. The minimum absolute atomic E-state index is 0.411. The zero-order valence-corrected chi connectivity index (χ0v) is 11.5. The summed E-state index contributed by atoms with van der Waals surface area (Å²) in [6.07, 6.45) is 7.02. The lowest BCUT2D eigenvalue weighted by Gasteiger charge is -2.33. The molecule has 2 N–H and O–H groups in total. The van der Waals surface area contributed by atoms with Crippen LogP contribution >= 0.6 is 0 Å². The molecule has 2 atom stereocenters. The van der Waals surface area contributed by atoms with Crippen molar-refractivity contribution in [3.63, 3.8) is 0 Å². The van der Waals surface area contributed by atoms with Gasteiger partial charge in [0.15, 0.2) is 0 Å². The zero-order chi connectivity index (χ0) is 12.7. The lowest BCUT2D eigenvalue weighted by atomic mass is 9.91. The lowest BCUT2D eigenvalue weighted by molar-refractivity contribution is 0.144. The fourth-order valence-electron chi connectivity index (χ4n) is 3.43. The van der Waals surface area contributed by atoms with Crippen molar-refractivity contribution < 1.29 is 0 Å². The van der Waals surface area contributed by atoms with E-state index in [4.69, 9.17) is 5.73 Å². The number of hydrogen-bond acceptors (Lipinski definition) is 3. The number of rotatable bonds is 2. The summed E-state index contributed by atoms with van der Waals surface area (Å²) in [5.41, 5.74) is 8.95. The highest BCUT2D eigenvalue weighted by molar-refractivity contribution is 5.23. The van der Waals surface area contributed by atoms with Gasteiger partial charge in [0.2, 0.25) is 0 Å². The fourth-order valence-corrected chi connectivity index (χ4v) is 3.43. The van der Waals surface area contributed by atoms with Crippen molar-refractivity contribution in [3.8, 4) is 0 Å². The second-order valence-corrected chi connectivity index (χ2v) is 6.14. The normalized spacial score (nSPS) is 28.9. The molecule has 0 amide bonds. The topological polar surface area (TPSA) is 47.1 Å². The maximum absolute atomic E-state index is 6.11. The summed E-state index contributed by atoms with van der Waals surface area (Å²) in [4.78, 5) is 2.60.